The first-order valence-corrected chi connectivity index (χ1v) is 8.89. The highest BCUT2D eigenvalue weighted by Gasteiger charge is 2.18. The number of halogens is 2. The maximum absolute atomic E-state index is 12.6. The molecule has 10 heteroatoms. The SMILES string of the molecule is Cc1c(C(N)=O)sc2ncn(CC(=O)Nc3cccc(Cl)c3Cl)c(=O)c12. The lowest BCUT2D eigenvalue weighted by molar-refractivity contribution is -0.116. The first-order valence-electron chi connectivity index (χ1n) is 7.31. The van der Waals surface area contributed by atoms with Gasteiger partial charge in [-0.05, 0) is 24.6 Å². The van der Waals surface area contributed by atoms with Gasteiger partial charge in [0.1, 0.15) is 11.4 Å². The third kappa shape index (κ3) is 3.31. The topological polar surface area (TPSA) is 107 Å². The monoisotopic (exact) mass is 410 g/mol. The van der Waals surface area contributed by atoms with E-state index in [1.165, 1.54) is 6.33 Å². The number of anilines is 1. The van der Waals surface area contributed by atoms with Crippen molar-refractivity contribution in [1.82, 2.24) is 9.55 Å². The fraction of sp³-hybridized carbons (Fsp3) is 0.125. The van der Waals surface area contributed by atoms with Gasteiger partial charge in [-0.15, -0.1) is 11.3 Å². The lowest BCUT2D eigenvalue weighted by Gasteiger charge is -2.09. The van der Waals surface area contributed by atoms with Gasteiger partial charge in [0.05, 0.1) is 32.3 Å². The Labute approximate surface area is 161 Å². The van der Waals surface area contributed by atoms with Crippen LogP contribution >= 0.6 is 34.5 Å². The molecular weight excluding hydrogens is 399 g/mol. The van der Waals surface area contributed by atoms with Crippen molar-refractivity contribution in [2.24, 2.45) is 5.73 Å². The third-order valence-corrected chi connectivity index (χ3v) is 5.71. The summed E-state index contributed by atoms with van der Waals surface area (Å²) < 4.78 is 1.15. The molecular formula is C16H12Cl2N4O3S. The number of aryl methyl sites for hydroxylation is 1. The number of carbonyl (C=O) groups is 2. The van der Waals surface area contributed by atoms with Crippen LogP contribution in [0.3, 0.4) is 0 Å². The summed E-state index contributed by atoms with van der Waals surface area (Å²) in [5.74, 6) is -1.09. The predicted octanol–water partition coefficient (Wildman–Crippen LogP) is 2.81. The van der Waals surface area contributed by atoms with Gasteiger partial charge in [0.25, 0.3) is 11.5 Å². The first-order chi connectivity index (χ1) is 12.3. The molecule has 1 aromatic carbocycles. The number of primary amides is 1. The molecule has 0 atom stereocenters. The molecule has 26 heavy (non-hydrogen) atoms. The van der Waals surface area contributed by atoms with E-state index in [9.17, 15) is 14.4 Å². The van der Waals surface area contributed by atoms with E-state index in [1.807, 2.05) is 0 Å². The Bertz CT molecular complexity index is 1110. The highest BCUT2D eigenvalue weighted by molar-refractivity contribution is 7.20. The van der Waals surface area contributed by atoms with E-state index in [0.29, 0.717) is 21.1 Å². The maximum Gasteiger partial charge on any atom is 0.262 e. The fourth-order valence-corrected chi connectivity index (χ4v) is 3.79. The van der Waals surface area contributed by atoms with E-state index in [1.54, 1.807) is 25.1 Å². The molecule has 3 aromatic rings. The Kier molecular flexibility index (Phi) is 4.99. The number of thiophene rings is 1. The number of nitrogens with zero attached hydrogens (tertiary/aromatic N) is 2. The number of aromatic nitrogens is 2. The van der Waals surface area contributed by atoms with Crippen LogP contribution in [0.5, 0.6) is 0 Å². The van der Waals surface area contributed by atoms with Gasteiger partial charge in [-0.3, -0.25) is 19.0 Å². The largest absolute Gasteiger partial charge is 0.365 e. The van der Waals surface area contributed by atoms with Crippen LogP contribution in [0, 0.1) is 6.92 Å². The molecule has 0 radical (unpaired) electrons. The molecule has 3 rings (SSSR count). The number of hydrogen-bond acceptors (Lipinski definition) is 5. The van der Waals surface area contributed by atoms with Crippen molar-refractivity contribution in [3.8, 4) is 0 Å². The van der Waals surface area contributed by atoms with Crippen molar-refractivity contribution in [3.05, 3.63) is 55.4 Å². The Morgan fingerprint density at radius 1 is 1.35 bits per heavy atom. The molecule has 0 saturated heterocycles. The standard InChI is InChI=1S/C16H12Cl2N4O3S/c1-7-11-15(26-13(7)14(19)24)20-6-22(16(11)25)5-10(23)21-9-4-2-3-8(17)12(9)18/h2-4,6H,5H2,1H3,(H2,19,24)(H,21,23). The Morgan fingerprint density at radius 3 is 2.77 bits per heavy atom. The van der Waals surface area contributed by atoms with E-state index in [2.05, 4.69) is 10.3 Å². The molecule has 0 bridgehead atoms. The van der Waals surface area contributed by atoms with Crippen LogP contribution in [0.2, 0.25) is 10.0 Å². The number of nitrogens with one attached hydrogen (secondary N) is 1. The van der Waals surface area contributed by atoms with E-state index in [0.717, 1.165) is 15.9 Å². The van der Waals surface area contributed by atoms with Gasteiger partial charge in [-0.2, -0.15) is 0 Å². The summed E-state index contributed by atoms with van der Waals surface area (Å²) >= 11 is 13.0. The fourth-order valence-electron chi connectivity index (χ4n) is 2.45. The molecule has 3 N–H and O–H groups in total. The second-order valence-corrected chi connectivity index (χ2v) is 7.21. The Balaban J connectivity index is 1.91. The van der Waals surface area contributed by atoms with Crippen LogP contribution in [0.4, 0.5) is 5.69 Å². The van der Waals surface area contributed by atoms with Crippen molar-refractivity contribution >= 4 is 62.3 Å². The minimum atomic E-state index is -0.621. The number of amides is 2. The summed E-state index contributed by atoms with van der Waals surface area (Å²) in [5, 5.41) is 3.39. The molecule has 0 spiro atoms. The molecule has 0 unspecified atom stereocenters. The van der Waals surface area contributed by atoms with Gasteiger partial charge in [-0.1, -0.05) is 29.3 Å². The summed E-state index contributed by atoms with van der Waals surface area (Å²) in [5.41, 5.74) is 5.68. The molecule has 0 aliphatic rings. The molecule has 2 heterocycles. The maximum atomic E-state index is 12.6. The van der Waals surface area contributed by atoms with Gasteiger partial charge in [0.15, 0.2) is 0 Å². The van der Waals surface area contributed by atoms with Crippen LogP contribution in [0.25, 0.3) is 10.2 Å². The van der Waals surface area contributed by atoms with E-state index in [4.69, 9.17) is 28.9 Å². The van der Waals surface area contributed by atoms with Crippen molar-refractivity contribution in [2.45, 2.75) is 13.5 Å². The number of hydrogen-bond donors (Lipinski definition) is 2. The second kappa shape index (κ2) is 7.06. The van der Waals surface area contributed by atoms with Gasteiger partial charge < -0.3 is 11.1 Å². The van der Waals surface area contributed by atoms with E-state index in [-0.39, 0.29) is 21.8 Å². The first kappa shape index (κ1) is 18.4. The highest BCUT2D eigenvalue weighted by Crippen LogP contribution is 2.29. The zero-order chi connectivity index (χ0) is 19.0. The van der Waals surface area contributed by atoms with Gasteiger partial charge in [0, 0.05) is 0 Å². The minimum absolute atomic E-state index is 0.211. The van der Waals surface area contributed by atoms with Crippen LogP contribution in [0.15, 0.2) is 29.3 Å². The lowest BCUT2D eigenvalue weighted by atomic mass is 10.2. The molecule has 0 fully saturated rings. The van der Waals surface area contributed by atoms with Crippen LogP contribution in [-0.4, -0.2) is 21.4 Å². The molecule has 2 amide bonds. The Morgan fingerprint density at radius 2 is 2.08 bits per heavy atom. The molecule has 0 aliphatic heterocycles. The summed E-state index contributed by atoms with van der Waals surface area (Å²) in [4.78, 5) is 41.2. The average molecular weight is 411 g/mol. The predicted molar refractivity (Wildman–Crippen MR) is 102 cm³/mol. The second-order valence-electron chi connectivity index (χ2n) is 5.43. The third-order valence-electron chi connectivity index (χ3n) is 3.68. The summed E-state index contributed by atoms with van der Waals surface area (Å²) in [6.07, 6.45) is 1.25. The zero-order valence-electron chi connectivity index (χ0n) is 13.4. The number of fused-ring (bicyclic) bond motifs is 1. The molecule has 0 aliphatic carbocycles. The smallest absolute Gasteiger partial charge is 0.262 e. The van der Waals surface area contributed by atoms with E-state index >= 15 is 0 Å². The summed E-state index contributed by atoms with van der Waals surface area (Å²) in [6.45, 7) is 1.35. The van der Waals surface area contributed by atoms with Crippen molar-refractivity contribution in [2.75, 3.05) is 5.32 Å². The minimum Gasteiger partial charge on any atom is -0.365 e. The number of carbonyl (C=O) groups excluding carboxylic acids is 2. The quantitative estimate of drug-likeness (QED) is 0.688. The van der Waals surface area contributed by atoms with Crippen LogP contribution in [-0.2, 0) is 11.3 Å². The highest BCUT2D eigenvalue weighted by atomic mass is 35.5. The Hall–Kier alpha value is -2.42. The van der Waals surface area contributed by atoms with Crippen LogP contribution in [0.1, 0.15) is 15.2 Å². The normalized spacial score (nSPS) is 10.9. The molecule has 2 aromatic heterocycles. The number of benzene rings is 1. The summed E-state index contributed by atoms with van der Waals surface area (Å²) in [7, 11) is 0. The van der Waals surface area contributed by atoms with Crippen molar-refractivity contribution in [3.63, 3.8) is 0 Å². The van der Waals surface area contributed by atoms with Gasteiger partial charge in [0.2, 0.25) is 5.91 Å². The van der Waals surface area contributed by atoms with Gasteiger partial charge in [-0.25, -0.2) is 4.98 Å². The van der Waals surface area contributed by atoms with E-state index < -0.39 is 17.4 Å². The number of nitrogens with two attached hydrogens (primary N) is 1. The lowest BCUT2D eigenvalue weighted by Crippen LogP contribution is -2.28. The average Bonchev–Trinajstić information content (AvgIpc) is 2.92. The van der Waals surface area contributed by atoms with Crippen molar-refractivity contribution in [1.29, 1.82) is 0 Å². The number of rotatable bonds is 4. The molecule has 134 valence electrons. The zero-order valence-corrected chi connectivity index (χ0v) is 15.7. The summed E-state index contributed by atoms with van der Waals surface area (Å²) in [6, 6.07) is 4.83. The van der Waals surface area contributed by atoms with Gasteiger partial charge >= 0.3 is 0 Å². The molecule has 0 saturated carbocycles. The molecule has 7 nitrogen and oxygen atoms in total. The van der Waals surface area contributed by atoms with Crippen LogP contribution < -0.4 is 16.6 Å². The van der Waals surface area contributed by atoms with Crippen molar-refractivity contribution < 1.29 is 9.59 Å².